The first-order valence-electron chi connectivity index (χ1n) is 3.72. The van der Waals surface area contributed by atoms with E-state index in [-0.39, 0.29) is 5.56 Å². The Hall–Kier alpha value is -1.69. The highest BCUT2D eigenvalue weighted by Crippen LogP contribution is 2.32. The van der Waals surface area contributed by atoms with Gasteiger partial charge in [-0.1, -0.05) is 11.6 Å². The minimum absolute atomic E-state index is 0.136. The fourth-order valence-corrected chi connectivity index (χ4v) is 1.36. The van der Waals surface area contributed by atoms with Crippen LogP contribution in [0.25, 0.3) is 0 Å². The molecule has 1 N–H and O–H groups in total. The van der Waals surface area contributed by atoms with Gasteiger partial charge >= 0.3 is 11.7 Å². The Morgan fingerprint density at radius 1 is 1.67 bits per heavy atom. The van der Waals surface area contributed by atoms with Crippen molar-refractivity contribution in [1.29, 1.82) is 0 Å². The molecule has 7 heteroatoms. The third kappa shape index (κ3) is 1.89. The highest BCUT2D eigenvalue weighted by Gasteiger charge is 2.27. The monoisotopic (exact) mass is 233 g/mol. The maximum atomic E-state index is 13.2. The molecule has 0 heterocycles. The van der Waals surface area contributed by atoms with E-state index >= 15 is 0 Å². The highest BCUT2D eigenvalue weighted by atomic mass is 35.5. The second-order valence-corrected chi connectivity index (χ2v) is 3.16. The summed E-state index contributed by atoms with van der Waals surface area (Å²) in [6, 6.07) is 0.951. The van der Waals surface area contributed by atoms with Gasteiger partial charge in [-0.15, -0.1) is 0 Å². The van der Waals surface area contributed by atoms with Gasteiger partial charge in [-0.05, 0) is 18.6 Å². The first-order chi connectivity index (χ1) is 6.86. The van der Waals surface area contributed by atoms with E-state index in [2.05, 4.69) is 0 Å². The first kappa shape index (κ1) is 11.4. The van der Waals surface area contributed by atoms with Crippen molar-refractivity contribution in [2.45, 2.75) is 6.92 Å². The maximum Gasteiger partial charge on any atom is 0.337 e. The van der Waals surface area contributed by atoms with Gasteiger partial charge in [0.25, 0.3) is 0 Å². The topological polar surface area (TPSA) is 80.4 Å². The van der Waals surface area contributed by atoms with Crippen molar-refractivity contribution in [2.24, 2.45) is 0 Å². The van der Waals surface area contributed by atoms with Crippen LogP contribution >= 0.6 is 11.6 Å². The molecule has 0 aliphatic heterocycles. The zero-order valence-electron chi connectivity index (χ0n) is 7.45. The van der Waals surface area contributed by atoms with E-state index < -0.39 is 33.0 Å². The third-order valence-corrected chi connectivity index (χ3v) is 2.15. The summed E-state index contributed by atoms with van der Waals surface area (Å²) in [6.45, 7) is 1.23. The molecule has 0 aromatic heterocycles. The predicted molar refractivity (Wildman–Crippen MR) is 49.8 cm³/mol. The number of aromatic carboxylic acids is 1. The van der Waals surface area contributed by atoms with Crippen LogP contribution in [0.15, 0.2) is 6.07 Å². The molecule has 0 amide bonds. The average molecular weight is 234 g/mol. The quantitative estimate of drug-likeness (QED) is 0.628. The lowest BCUT2D eigenvalue weighted by atomic mass is 10.1. The van der Waals surface area contributed by atoms with Gasteiger partial charge in [0.2, 0.25) is 5.82 Å². The lowest BCUT2D eigenvalue weighted by Crippen LogP contribution is -2.04. The lowest BCUT2D eigenvalue weighted by Gasteiger charge is -2.03. The summed E-state index contributed by atoms with van der Waals surface area (Å²) in [6.07, 6.45) is 0. The molecule has 0 atom stereocenters. The van der Waals surface area contributed by atoms with Crippen LogP contribution in [0.1, 0.15) is 15.9 Å². The van der Waals surface area contributed by atoms with Gasteiger partial charge in [-0.3, -0.25) is 10.1 Å². The van der Waals surface area contributed by atoms with Crippen molar-refractivity contribution in [3.8, 4) is 0 Å². The van der Waals surface area contributed by atoms with Crippen molar-refractivity contribution in [3.63, 3.8) is 0 Å². The van der Waals surface area contributed by atoms with Crippen molar-refractivity contribution in [2.75, 3.05) is 0 Å². The van der Waals surface area contributed by atoms with Gasteiger partial charge in [0.15, 0.2) is 0 Å². The van der Waals surface area contributed by atoms with Gasteiger partial charge in [0.1, 0.15) is 5.02 Å². The maximum absolute atomic E-state index is 13.2. The molecular weight excluding hydrogens is 229 g/mol. The van der Waals surface area contributed by atoms with Crippen molar-refractivity contribution < 1.29 is 19.2 Å². The summed E-state index contributed by atoms with van der Waals surface area (Å²) in [5.41, 5.74) is -1.63. The second kappa shape index (κ2) is 3.82. The van der Waals surface area contributed by atoms with E-state index in [0.717, 1.165) is 6.07 Å². The molecule has 0 saturated carbocycles. The molecule has 80 valence electrons. The van der Waals surface area contributed by atoms with Gasteiger partial charge in [0.05, 0.1) is 10.5 Å². The van der Waals surface area contributed by atoms with E-state index in [9.17, 15) is 19.3 Å². The number of hydrogen-bond acceptors (Lipinski definition) is 3. The molecule has 15 heavy (non-hydrogen) atoms. The summed E-state index contributed by atoms with van der Waals surface area (Å²) in [7, 11) is 0. The number of nitro groups is 1. The molecule has 5 nitrogen and oxygen atoms in total. The van der Waals surface area contributed by atoms with E-state index in [4.69, 9.17) is 16.7 Å². The zero-order chi connectivity index (χ0) is 11.7. The Morgan fingerprint density at radius 2 is 2.20 bits per heavy atom. The van der Waals surface area contributed by atoms with Gasteiger partial charge in [0, 0.05) is 0 Å². The Kier molecular flexibility index (Phi) is 2.90. The van der Waals surface area contributed by atoms with Crippen molar-refractivity contribution in [1.82, 2.24) is 0 Å². The van der Waals surface area contributed by atoms with Crippen LogP contribution in [0.2, 0.25) is 5.02 Å². The minimum atomic E-state index is -1.44. The molecule has 0 spiro atoms. The van der Waals surface area contributed by atoms with Crippen LogP contribution in [-0.4, -0.2) is 16.0 Å². The Morgan fingerprint density at radius 3 is 2.60 bits per heavy atom. The number of rotatable bonds is 2. The normalized spacial score (nSPS) is 10.1. The smallest absolute Gasteiger partial charge is 0.337 e. The standard InChI is InChI=1S/C8H5ClFNO4/c1-3-2-4(8(12)13)5(9)7(6(3)10)11(14)15/h2H,1H3,(H,12,13). The summed E-state index contributed by atoms with van der Waals surface area (Å²) in [5.74, 6) is -2.55. The summed E-state index contributed by atoms with van der Waals surface area (Å²) < 4.78 is 13.2. The SMILES string of the molecule is Cc1cc(C(=O)O)c(Cl)c([N+](=O)[O-])c1F. The number of carboxylic acid groups (broad SMARTS) is 1. The Labute approximate surface area is 88.2 Å². The molecule has 0 aliphatic carbocycles. The number of hydrogen-bond donors (Lipinski definition) is 1. The first-order valence-corrected chi connectivity index (χ1v) is 4.10. The predicted octanol–water partition coefficient (Wildman–Crippen LogP) is 2.39. The lowest BCUT2D eigenvalue weighted by molar-refractivity contribution is -0.387. The number of carboxylic acids is 1. The van der Waals surface area contributed by atoms with E-state index in [1.165, 1.54) is 6.92 Å². The average Bonchev–Trinajstić information content (AvgIpc) is 2.10. The molecule has 0 fully saturated rings. The number of nitro benzene ring substituents is 1. The summed E-state index contributed by atoms with van der Waals surface area (Å²) >= 11 is 5.41. The van der Waals surface area contributed by atoms with E-state index in [0.29, 0.717) is 0 Å². The molecule has 1 aromatic rings. The summed E-state index contributed by atoms with van der Waals surface area (Å²) in [5, 5.41) is 18.4. The Bertz CT molecular complexity index is 460. The van der Waals surface area contributed by atoms with E-state index in [1.807, 2.05) is 0 Å². The molecule has 0 saturated heterocycles. The van der Waals surface area contributed by atoms with Crippen LogP contribution in [-0.2, 0) is 0 Å². The highest BCUT2D eigenvalue weighted by molar-refractivity contribution is 6.35. The van der Waals surface area contributed by atoms with Crippen LogP contribution in [0.5, 0.6) is 0 Å². The molecule has 0 bridgehead atoms. The number of nitrogens with zero attached hydrogens (tertiary/aromatic N) is 1. The van der Waals surface area contributed by atoms with Crippen molar-refractivity contribution >= 4 is 23.3 Å². The fourth-order valence-electron chi connectivity index (χ4n) is 1.07. The number of benzene rings is 1. The van der Waals surface area contributed by atoms with Gasteiger partial charge in [-0.2, -0.15) is 4.39 Å². The van der Waals surface area contributed by atoms with Crippen LogP contribution in [0.4, 0.5) is 10.1 Å². The molecule has 0 unspecified atom stereocenters. The summed E-state index contributed by atoms with van der Waals surface area (Å²) in [4.78, 5) is 20.0. The number of aryl methyl sites for hydroxylation is 1. The number of carbonyl (C=O) groups is 1. The zero-order valence-corrected chi connectivity index (χ0v) is 8.21. The van der Waals surface area contributed by atoms with Gasteiger partial charge < -0.3 is 5.11 Å². The molecule has 1 aromatic carbocycles. The molecular formula is C8H5ClFNO4. The third-order valence-electron chi connectivity index (χ3n) is 1.77. The van der Waals surface area contributed by atoms with Crippen molar-refractivity contribution in [3.05, 3.63) is 38.1 Å². The largest absolute Gasteiger partial charge is 0.478 e. The molecule has 0 aliphatic rings. The molecule has 0 radical (unpaired) electrons. The minimum Gasteiger partial charge on any atom is -0.478 e. The fraction of sp³-hybridized carbons (Fsp3) is 0.125. The van der Waals surface area contributed by atoms with Crippen LogP contribution in [0, 0.1) is 22.9 Å². The molecule has 1 rings (SSSR count). The second-order valence-electron chi connectivity index (χ2n) is 2.78. The Balaban J connectivity index is 3.63. The number of halogens is 2. The van der Waals surface area contributed by atoms with Crippen LogP contribution < -0.4 is 0 Å². The van der Waals surface area contributed by atoms with Crippen LogP contribution in [0.3, 0.4) is 0 Å². The van der Waals surface area contributed by atoms with E-state index in [1.54, 1.807) is 0 Å². The van der Waals surface area contributed by atoms with Gasteiger partial charge in [-0.25, -0.2) is 4.79 Å².